The van der Waals surface area contributed by atoms with Crippen molar-refractivity contribution in [3.63, 3.8) is 0 Å². The van der Waals surface area contributed by atoms with Crippen LogP contribution in [0.3, 0.4) is 0 Å². The highest BCUT2D eigenvalue weighted by Gasteiger charge is 2.30. The van der Waals surface area contributed by atoms with E-state index in [1.54, 1.807) is 38.3 Å². The van der Waals surface area contributed by atoms with Gasteiger partial charge >= 0.3 is 0 Å². The van der Waals surface area contributed by atoms with Crippen molar-refractivity contribution >= 4 is 21.6 Å². The van der Waals surface area contributed by atoms with E-state index in [1.165, 1.54) is 0 Å². The molecule has 0 radical (unpaired) electrons. The van der Waals surface area contributed by atoms with Crippen molar-refractivity contribution in [3.8, 4) is 11.5 Å². The quantitative estimate of drug-likeness (QED) is 0.542. The van der Waals surface area contributed by atoms with E-state index < -0.39 is 16.1 Å². The van der Waals surface area contributed by atoms with E-state index in [0.717, 1.165) is 21.9 Å². The molecule has 0 aliphatic heterocycles. The zero-order valence-corrected chi connectivity index (χ0v) is 20.5. The molecule has 2 rings (SSSR count). The van der Waals surface area contributed by atoms with E-state index in [9.17, 15) is 13.2 Å². The van der Waals surface area contributed by atoms with Crippen molar-refractivity contribution < 1.29 is 22.7 Å². The number of ether oxygens (including phenoxy) is 2. The predicted octanol–water partition coefficient (Wildman–Crippen LogP) is 4.15. The van der Waals surface area contributed by atoms with Gasteiger partial charge in [-0.05, 0) is 68.1 Å². The van der Waals surface area contributed by atoms with Crippen molar-refractivity contribution in [2.24, 2.45) is 5.92 Å². The Balaban J connectivity index is 2.29. The van der Waals surface area contributed by atoms with E-state index in [2.05, 4.69) is 19.2 Å². The first-order valence-electron chi connectivity index (χ1n) is 10.7. The molecule has 2 aromatic rings. The van der Waals surface area contributed by atoms with Gasteiger partial charge in [-0.2, -0.15) is 0 Å². The zero-order valence-electron chi connectivity index (χ0n) is 19.7. The van der Waals surface area contributed by atoms with Crippen LogP contribution in [0.1, 0.15) is 45.7 Å². The first kappa shape index (κ1) is 25.5. The molecule has 8 heteroatoms. The number of carbonyl (C=O) groups excluding carboxylic acids is 1. The van der Waals surface area contributed by atoms with Gasteiger partial charge in [0.25, 0.3) is 0 Å². The number of rotatable bonds is 11. The molecule has 0 aromatic heterocycles. The molecular formula is C24H34N2O5S. The molecule has 0 aliphatic rings. The first-order chi connectivity index (χ1) is 15.1. The molecule has 0 aliphatic carbocycles. The van der Waals surface area contributed by atoms with Crippen LogP contribution in [0.5, 0.6) is 11.5 Å². The van der Waals surface area contributed by atoms with Gasteiger partial charge in [-0.15, -0.1) is 0 Å². The van der Waals surface area contributed by atoms with Gasteiger partial charge < -0.3 is 14.8 Å². The average Bonchev–Trinajstić information content (AvgIpc) is 2.73. The molecule has 0 bridgehead atoms. The SMILES string of the molecule is CCOc1ccc(N(C(C)C(=O)NC(CC(C)C)c2ccc(OC)cc2)S(C)(=O)=O)cc1. The lowest BCUT2D eigenvalue weighted by atomic mass is 9.96. The van der Waals surface area contributed by atoms with Gasteiger partial charge in [-0.25, -0.2) is 8.42 Å². The van der Waals surface area contributed by atoms with E-state index in [0.29, 0.717) is 30.4 Å². The number of amides is 1. The molecule has 2 atom stereocenters. The molecule has 176 valence electrons. The summed E-state index contributed by atoms with van der Waals surface area (Å²) in [7, 11) is -2.10. The first-order valence-corrected chi connectivity index (χ1v) is 12.6. The zero-order chi connectivity index (χ0) is 23.9. The van der Waals surface area contributed by atoms with Crippen LogP contribution in [0.25, 0.3) is 0 Å². The second kappa shape index (κ2) is 11.2. The summed E-state index contributed by atoms with van der Waals surface area (Å²) >= 11 is 0. The maximum atomic E-state index is 13.2. The summed E-state index contributed by atoms with van der Waals surface area (Å²) in [5.74, 6) is 1.33. The second-order valence-corrected chi connectivity index (χ2v) is 9.99. The summed E-state index contributed by atoms with van der Waals surface area (Å²) in [6, 6.07) is 13.0. The van der Waals surface area contributed by atoms with Crippen molar-refractivity contribution in [1.29, 1.82) is 0 Å². The van der Waals surface area contributed by atoms with Gasteiger partial charge in [0.1, 0.15) is 17.5 Å². The van der Waals surface area contributed by atoms with Crippen LogP contribution in [-0.4, -0.2) is 40.3 Å². The minimum atomic E-state index is -3.70. The van der Waals surface area contributed by atoms with Crippen molar-refractivity contribution in [1.82, 2.24) is 5.32 Å². The number of hydrogen-bond donors (Lipinski definition) is 1. The lowest BCUT2D eigenvalue weighted by Gasteiger charge is -2.30. The predicted molar refractivity (Wildman–Crippen MR) is 128 cm³/mol. The van der Waals surface area contributed by atoms with Crippen LogP contribution in [-0.2, 0) is 14.8 Å². The van der Waals surface area contributed by atoms with Crippen LogP contribution >= 0.6 is 0 Å². The Morgan fingerprint density at radius 2 is 1.56 bits per heavy atom. The maximum Gasteiger partial charge on any atom is 0.244 e. The number of methoxy groups -OCH3 is 1. The number of sulfonamides is 1. The van der Waals surface area contributed by atoms with E-state index in [4.69, 9.17) is 9.47 Å². The molecule has 0 saturated heterocycles. The molecular weight excluding hydrogens is 428 g/mol. The number of nitrogens with one attached hydrogen (secondary N) is 1. The third kappa shape index (κ3) is 6.88. The summed E-state index contributed by atoms with van der Waals surface area (Å²) in [6.07, 6.45) is 1.81. The van der Waals surface area contributed by atoms with Crippen LogP contribution < -0.4 is 19.1 Å². The lowest BCUT2D eigenvalue weighted by Crippen LogP contribution is -2.48. The molecule has 0 spiro atoms. The Bertz CT molecular complexity index is 972. The molecule has 1 amide bonds. The highest BCUT2D eigenvalue weighted by atomic mass is 32.2. The van der Waals surface area contributed by atoms with Crippen LogP contribution in [0.2, 0.25) is 0 Å². The maximum absolute atomic E-state index is 13.2. The number of hydrogen-bond acceptors (Lipinski definition) is 5. The smallest absolute Gasteiger partial charge is 0.244 e. The van der Waals surface area contributed by atoms with Gasteiger partial charge in [-0.1, -0.05) is 26.0 Å². The normalized spacial score (nSPS) is 13.3. The largest absolute Gasteiger partial charge is 0.497 e. The second-order valence-electron chi connectivity index (χ2n) is 8.13. The number of nitrogens with zero attached hydrogens (tertiary/aromatic N) is 1. The van der Waals surface area contributed by atoms with Crippen LogP contribution in [0.15, 0.2) is 48.5 Å². The fraction of sp³-hybridized carbons (Fsp3) is 0.458. The highest BCUT2D eigenvalue weighted by molar-refractivity contribution is 7.92. The Hall–Kier alpha value is -2.74. The molecule has 0 heterocycles. The minimum Gasteiger partial charge on any atom is -0.497 e. The highest BCUT2D eigenvalue weighted by Crippen LogP contribution is 2.26. The fourth-order valence-electron chi connectivity index (χ4n) is 3.54. The summed E-state index contributed by atoms with van der Waals surface area (Å²) in [5, 5.41) is 3.05. The topological polar surface area (TPSA) is 84.9 Å². The van der Waals surface area contributed by atoms with Gasteiger partial charge in [0.2, 0.25) is 15.9 Å². The number of anilines is 1. The summed E-state index contributed by atoms with van der Waals surface area (Å²) in [4.78, 5) is 13.2. The van der Waals surface area contributed by atoms with E-state index in [-0.39, 0.29) is 11.9 Å². The summed E-state index contributed by atoms with van der Waals surface area (Å²) < 4.78 is 37.0. The van der Waals surface area contributed by atoms with Crippen LogP contribution in [0.4, 0.5) is 5.69 Å². The van der Waals surface area contributed by atoms with Crippen molar-refractivity contribution in [2.45, 2.75) is 46.2 Å². The number of benzene rings is 2. The molecule has 1 N–H and O–H groups in total. The van der Waals surface area contributed by atoms with Crippen LogP contribution in [0, 0.1) is 5.92 Å². The Kier molecular flexibility index (Phi) is 8.95. The van der Waals surface area contributed by atoms with E-state index in [1.807, 2.05) is 31.2 Å². The van der Waals surface area contributed by atoms with E-state index >= 15 is 0 Å². The molecule has 0 saturated carbocycles. The van der Waals surface area contributed by atoms with Crippen molar-refractivity contribution in [2.75, 3.05) is 24.3 Å². The van der Waals surface area contributed by atoms with Gasteiger partial charge in [0.15, 0.2) is 0 Å². The molecule has 2 unspecified atom stereocenters. The standard InChI is InChI=1S/C24H34N2O5S/c1-7-31-22-14-10-20(11-15-22)26(32(6,28)29)18(4)24(27)25-23(16-17(2)3)19-8-12-21(30-5)13-9-19/h8-15,17-18,23H,7,16H2,1-6H3,(H,25,27). The molecule has 7 nitrogen and oxygen atoms in total. The number of carbonyl (C=O) groups is 1. The summed E-state index contributed by atoms with van der Waals surface area (Å²) in [5.41, 5.74) is 1.34. The van der Waals surface area contributed by atoms with Gasteiger partial charge in [0.05, 0.1) is 31.7 Å². The molecule has 0 fully saturated rings. The fourth-order valence-corrected chi connectivity index (χ4v) is 4.72. The van der Waals surface area contributed by atoms with Gasteiger partial charge in [0, 0.05) is 0 Å². The molecule has 32 heavy (non-hydrogen) atoms. The summed E-state index contributed by atoms with van der Waals surface area (Å²) in [6.45, 7) is 8.13. The third-order valence-corrected chi connectivity index (χ3v) is 6.27. The Morgan fingerprint density at radius 3 is 2.03 bits per heavy atom. The minimum absolute atomic E-state index is 0.252. The molecule has 2 aromatic carbocycles. The lowest BCUT2D eigenvalue weighted by molar-refractivity contribution is -0.122. The Morgan fingerprint density at radius 1 is 1.00 bits per heavy atom. The van der Waals surface area contributed by atoms with Gasteiger partial charge in [-0.3, -0.25) is 9.10 Å². The monoisotopic (exact) mass is 462 g/mol. The Labute approximate surface area is 191 Å². The van der Waals surface area contributed by atoms with Crippen molar-refractivity contribution in [3.05, 3.63) is 54.1 Å². The third-order valence-electron chi connectivity index (χ3n) is 5.03. The average molecular weight is 463 g/mol.